The fraction of sp³-hybridized carbons (Fsp3) is 0.444. The van der Waals surface area contributed by atoms with Crippen LogP contribution in [0.2, 0.25) is 10.4 Å². The van der Waals surface area contributed by atoms with E-state index >= 15 is 0 Å². The van der Waals surface area contributed by atoms with Gasteiger partial charge in [-0.25, -0.2) is 15.2 Å². The van der Waals surface area contributed by atoms with Gasteiger partial charge in [0.15, 0.2) is 11.0 Å². The second kappa shape index (κ2) is 5.53. The van der Waals surface area contributed by atoms with Crippen LogP contribution in [-0.2, 0) is 4.74 Å². The minimum Gasteiger partial charge on any atom is -0.443 e. The number of carbonyl (C=O) groups is 1. The SMILES string of the molecule is CC(C)(C)OC(=O)NNc1nc(Cl)nc(Cl)c1F. The number of halogens is 3. The molecule has 100 valence electrons. The number of amides is 1. The van der Waals surface area contributed by atoms with Crippen LogP contribution < -0.4 is 10.9 Å². The van der Waals surface area contributed by atoms with Crippen molar-refractivity contribution in [1.82, 2.24) is 15.4 Å². The summed E-state index contributed by atoms with van der Waals surface area (Å²) in [5.74, 6) is -1.29. The van der Waals surface area contributed by atoms with E-state index in [0.717, 1.165) is 0 Å². The molecule has 0 aliphatic carbocycles. The maximum Gasteiger partial charge on any atom is 0.426 e. The summed E-state index contributed by atoms with van der Waals surface area (Å²) in [6.07, 6.45) is -0.798. The molecule has 1 heterocycles. The van der Waals surface area contributed by atoms with Gasteiger partial charge in [-0.05, 0) is 32.4 Å². The quantitative estimate of drug-likeness (QED) is 0.498. The average Bonchev–Trinajstić information content (AvgIpc) is 2.18. The molecule has 0 radical (unpaired) electrons. The summed E-state index contributed by atoms with van der Waals surface area (Å²) < 4.78 is 18.3. The maximum absolute atomic E-state index is 13.4. The first-order valence-electron chi connectivity index (χ1n) is 4.82. The molecule has 9 heteroatoms. The number of rotatable bonds is 2. The van der Waals surface area contributed by atoms with Gasteiger partial charge in [0.25, 0.3) is 0 Å². The van der Waals surface area contributed by atoms with Crippen LogP contribution in [0, 0.1) is 5.82 Å². The Labute approximate surface area is 113 Å². The van der Waals surface area contributed by atoms with Crippen molar-refractivity contribution in [2.24, 2.45) is 0 Å². The van der Waals surface area contributed by atoms with Gasteiger partial charge in [-0.2, -0.15) is 9.37 Å². The molecule has 1 amide bonds. The molecule has 2 N–H and O–H groups in total. The molecule has 0 aliphatic rings. The van der Waals surface area contributed by atoms with Gasteiger partial charge in [-0.3, -0.25) is 5.43 Å². The molecule has 0 unspecified atom stereocenters. The molecule has 1 aromatic heterocycles. The van der Waals surface area contributed by atoms with Crippen LogP contribution in [0.4, 0.5) is 15.0 Å². The van der Waals surface area contributed by atoms with Crippen molar-refractivity contribution in [2.45, 2.75) is 26.4 Å². The molecular weight excluding hydrogens is 286 g/mol. The van der Waals surface area contributed by atoms with Crippen LogP contribution in [0.5, 0.6) is 0 Å². The zero-order valence-electron chi connectivity index (χ0n) is 9.84. The fourth-order valence-electron chi connectivity index (χ4n) is 0.891. The van der Waals surface area contributed by atoms with Crippen LogP contribution in [0.1, 0.15) is 20.8 Å². The van der Waals surface area contributed by atoms with Crippen LogP contribution in [-0.4, -0.2) is 21.7 Å². The van der Waals surface area contributed by atoms with Crippen molar-refractivity contribution < 1.29 is 13.9 Å². The van der Waals surface area contributed by atoms with Crippen molar-refractivity contribution >= 4 is 35.1 Å². The van der Waals surface area contributed by atoms with E-state index in [1.807, 2.05) is 0 Å². The van der Waals surface area contributed by atoms with Crippen LogP contribution in [0.15, 0.2) is 0 Å². The lowest BCUT2D eigenvalue weighted by Gasteiger charge is -2.19. The summed E-state index contributed by atoms with van der Waals surface area (Å²) in [5, 5.41) is -0.710. The number of carbonyl (C=O) groups excluding carboxylic acids is 1. The van der Waals surface area contributed by atoms with Gasteiger partial charge >= 0.3 is 6.09 Å². The molecule has 0 saturated heterocycles. The van der Waals surface area contributed by atoms with E-state index in [4.69, 9.17) is 27.9 Å². The third-order valence-corrected chi connectivity index (χ3v) is 1.88. The van der Waals surface area contributed by atoms with Crippen LogP contribution in [0.25, 0.3) is 0 Å². The van der Waals surface area contributed by atoms with E-state index in [9.17, 15) is 9.18 Å². The molecule has 1 rings (SSSR count). The lowest BCUT2D eigenvalue weighted by atomic mass is 10.2. The van der Waals surface area contributed by atoms with E-state index in [0.29, 0.717) is 0 Å². The number of nitrogens with zero attached hydrogens (tertiary/aromatic N) is 2. The Balaban J connectivity index is 2.67. The van der Waals surface area contributed by atoms with Gasteiger partial charge in [-0.15, -0.1) is 0 Å². The second-order valence-corrected chi connectivity index (χ2v) is 4.89. The third-order valence-electron chi connectivity index (χ3n) is 1.47. The standard InChI is InChI=1S/C9H11Cl2FN4O2/c1-9(2,3)18-8(17)16-15-6-4(12)5(10)13-7(11)14-6/h1-3H3,(H,16,17)(H,13,14,15). The van der Waals surface area contributed by atoms with E-state index in [1.54, 1.807) is 20.8 Å². The summed E-state index contributed by atoms with van der Waals surface area (Å²) in [5.41, 5.74) is 3.61. The molecule has 6 nitrogen and oxygen atoms in total. The molecular formula is C9H11Cl2FN4O2. The lowest BCUT2D eigenvalue weighted by molar-refractivity contribution is 0.0540. The highest BCUT2D eigenvalue weighted by Crippen LogP contribution is 2.20. The first-order valence-corrected chi connectivity index (χ1v) is 5.58. The molecule has 0 atom stereocenters. The Bertz CT molecular complexity index is 465. The third kappa shape index (κ3) is 4.50. The molecule has 0 aromatic carbocycles. The highest BCUT2D eigenvalue weighted by molar-refractivity contribution is 6.32. The maximum atomic E-state index is 13.4. The Kier molecular flexibility index (Phi) is 4.53. The van der Waals surface area contributed by atoms with Gasteiger partial charge in [0.2, 0.25) is 11.1 Å². The topological polar surface area (TPSA) is 76.1 Å². The molecule has 0 aliphatic heterocycles. The minimum absolute atomic E-state index is 0.255. The van der Waals surface area contributed by atoms with E-state index < -0.39 is 22.7 Å². The molecule has 0 saturated carbocycles. The van der Waals surface area contributed by atoms with E-state index in [2.05, 4.69) is 20.8 Å². The Hall–Kier alpha value is -1.34. The monoisotopic (exact) mass is 296 g/mol. The van der Waals surface area contributed by atoms with Gasteiger partial charge in [0, 0.05) is 0 Å². The Morgan fingerprint density at radius 3 is 2.50 bits per heavy atom. The highest BCUT2D eigenvalue weighted by atomic mass is 35.5. The molecule has 0 fully saturated rings. The van der Waals surface area contributed by atoms with Crippen LogP contribution in [0.3, 0.4) is 0 Å². The average molecular weight is 297 g/mol. The van der Waals surface area contributed by atoms with Crippen molar-refractivity contribution in [3.63, 3.8) is 0 Å². The Morgan fingerprint density at radius 1 is 1.33 bits per heavy atom. The number of hydrazine groups is 1. The van der Waals surface area contributed by atoms with Crippen LogP contribution >= 0.6 is 23.2 Å². The van der Waals surface area contributed by atoms with E-state index in [1.165, 1.54) is 0 Å². The number of ether oxygens (including phenoxy) is 1. The van der Waals surface area contributed by atoms with Gasteiger partial charge in [-0.1, -0.05) is 11.6 Å². The zero-order chi connectivity index (χ0) is 13.9. The first-order chi connectivity index (χ1) is 8.19. The summed E-state index contributed by atoms with van der Waals surface area (Å²) in [7, 11) is 0. The van der Waals surface area contributed by atoms with Crippen molar-refractivity contribution in [1.29, 1.82) is 0 Å². The summed E-state index contributed by atoms with van der Waals surface area (Å²) >= 11 is 10.9. The molecule has 1 aromatic rings. The summed E-state index contributed by atoms with van der Waals surface area (Å²) in [6.45, 7) is 5.06. The molecule has 18 heavy (non-hydrogen) atoms. The van der Waals surface area contributed by atoms with Gasteiger partial charge < -0.3 is 4.74 Å². The number of hydrogen-bond acceptors (Lipinski definition) is 5. The zero-order valence-corrected chi connectivity index (χ0v) is 11.4. The molecule has 0 spiro atoms. The number of anilines is 1. The highest BCUT2D eigenvalue weighted by Gasteiger charge is 2.17. The number of nitrogens with one attached hydrogen (secondary N) is 2. The fourth-order valence-corrected chi connectivity index (χ4v) is 1.27. The predicted molar refractivity (Wildman–Crippen MR) is 65.0 cm³/mol. The van der Waals surface area contributed by atoms with Gasteiger partial charge in [0.05, 0.1) is 0 Å². The van der Waals surface area contributed by atoms with Gasteiger partial charge in [0.1, 0.15) is 5.60 Å². The van der Waals surface area contributed by atoms with Crippen molar-refractivity contribution in [3.05, 3.63) is 16.3 Å². The number of hydrogen-bond donors (Lipinski definition) is 2. The largest absolute Gasteiger partial charge is 0.443 e. The molecule has 0 bridgehead atoms. The minimum atomic E-state index is -0.933. The lowest BCUT2D eigenvalue weighted by Crippen LogP contribution is -2.36. The number of aromatic nitrogens is 2. The summed E-state index contributed by atoms with van der Waals surface area (Å²) in [4.78, 5) is 18.2. The summed E-state index contributed by atoms with van der Waals surface area (Å²) in [6, 6.07) is 0. The van der Waals surface area contributed by atoms with E-state index in [-0.39, 0.29) is 11.1 Å². The normalized spacial score (nSPS) is 11.0. The van der Waals surface area contributed by atoms with Crippen molar-refractivity contribution in [3.8, 4) is 0 Å². The van der Waals surface area contributed by atoms with Crippen molar-refractivity contribution in [2.75, 3.05) is 5.43 Å². The predicted octanol–water partition coefficient (Wildman–Crippen LogP) is 2.77. The first kappa shape index (κ1) is 14.7. The smallest absolute Gasteiger partial charge is 0.426 e. The Morgan fingerprint density at radius 2 is 1.94 bits per heavy atom. The second-order valence-electron chi connectivity index (χ2n) is 4.20.